The van der Waals surface area contributed by atoms with E-state index in [0.29, 0.717) is 33.0 Å². The van der Waals surface area contributed by atoms with Crippen molar-refractivity contribution in [1.29, 1.82) is 0 Å². The number of fused-ring (bicyclic) bond motifs is 1. The van der Waals surface area contributed by atoms with Crippen molar-refractivity contribution in [2.24, 2.45) is 4.99 Å². The smallest absolute Gasteiger partial charge is 0.338 e. The summed E-state index contributed by atoms with van der Waals surface area (Å²) in [6, 6.07) is 14.2. The monoisotopic (exact) mass is 478 g/mol. The first-order valence-electron chi connectivity index (χ1n) is 10.9. The maximum absolute atomic E-state index is 13.6. The Morgan fingerprint density at radius 2 is 1.76 bits per heavy atom. The third-order valence-electron chi connectivity index (χ3n) is 5.51. The second-order valence-corrected chi connectivity index (χ2v) is 8.77. The summed E-state index contributed by atoms with van der Waals surface area (Å²) in [4.78, 5) is 31.4. The van der Waals surface area contributed by atoms with Gasteiger partial charge < -0.3 is 14.2 Å². The molecule has 1 aromatic heterocycles. The first-order valence-corrected chi connectivity index (χ1v) is 11.8. The van der Waals surface area contributed by atoms with Gasteiger partial charge in [0.1, 0.15) is 11.5 Å². The molecular weight excluding hydrogens is 452 g/mol. The lowest BCUT2D eigenvalue weighted by Gasteiger charge is -2.24. The lowest BCUT2D eigenvalue weighted by atomic mass is 9.96. The van der Waals surface area contributed by atoms with Crippen LogP contribution in [0.3, 0.4) is 0 Å². The van der Waals surface area contributed by atoms with Gasteiger partial charge in [0.25, 0.3) is 5.56 Å². The third-order valence-corrected chi connectivity index (χ3v) is 6.49. The van der Waals surface area contributed by atoms with Gasteiger partial charge in [-0.2, -0.15) is 0 Å². The minimum Gasteiger partial charge on any atom is -0.497 e. The van der Waals surface area contributed by atoms with Crippen LogP contribution in [0, 0.1) is 0 Å². The van der Waals surface area contributed by atoms with Crippen molar-refractivity contribution >= 4 is 23.4 Å². The van der Waals surface area contributed by atoms with Crippen LogP contribution in [-0.4, -0.2) is 31.4 Å². The zero-order chi connectivity index (χ0) is 24.2. The van der Waals surface area contributed by atoms with Crippen LogP contribution in [0.4, 0.5) is 0 Å². The van der Waals surface area contributed by atoms with E-state index in [0.717, 1.165) is 23.3 Å². The molecule has 0 aliphatic carbocycles. The minimum atomic E-state index is -0.651. The zero-order valence-electron chi connectivity index (χ0n) is 19.5. The van der Waals surface area contributed by atoms with E-state index in [1.54, 1.807) is 30.7 Å². The summed E-state index contributed by atoms with van der Waals surface area (Å²) in [6.07, 6.45) is 2.76. The number of ether oxygens (including phenoxy) is 3. The highest BCUT2D eigenvalue weighted by atomic mass is 32.1. The maximum Gasteiger partial charge on any atom is 0.338 e. The van der Waals surface area contributed by atoms with Crippen molar-refractivity contribution in [2.45, 2.75) is 26.3 Å². The number of esters is 1. The van der Waals surface area contributed by atoms with Crippen LogP contribution in [0.2, 0.25) is 0 Å². The summed E-state index contributed by atoms with van der Waals surface area (Å²) >= 11 is 1.29. The number of benzene rings is 2. The number of allylic oxidation sites excluding steroid dienone is 1. The highest BCUT2D eigenvalue weighted by Crippen LogP contribution is 2.31. The molecule has 2 aromatic carbocycles. The lowest BCUT2D eigenvalue weighted by Crippen LogP contribution is -2.39. The number of carbonyl (C=O) groups is 1. The van der Waals surface area contributed by atoms with Crippen molar-refractivity contribution in [3.63, 3.8) is 0 Å². The molecule has 0 saturated carbocycles. The first kappa shape index (κ1) is 23.5. The summed E-state index contributed by atoms with van der Waals surface area (Å²) in [7, 11) is 2.91. The number of thiazole rings is 1. The van der Waals surface area contributed by atoms with Gasteiger partial charge in [0.05, 0.1) is 42.7 Å². The Hall–Kier alpha value is -3.65. The van der Waals surface area contributed by atoms with E-state index in [1.807, 2.05) is 42.5 Å². The normalized spacial score (nSPS) is 15.5. The van der Waals surface area contributed by atoms with E-state index < -0.39 is 12.0 Å². The summed E-state index contributed by atoms with van der Waals surface area (Å²) in [5.74, 6) is 0.958. The van der Waals surface area contributed by atoms with Gasteiger partial charge in [-0.15, -0.1) is 0 Å². The molecule has 1 aliphatic heterocycles. The van der Waals surface area contributed by atoms with Crippen LogP contribution < -0.4 is 24.4 Å². The van der Waals surface area contributed by atoms with E-state index in [1.165, 1.54) is 18.4 Å². The highest BCUT2D eigenvalue weighted by Gasteiger charge is 2.33. The van der Waals surface area contributed by atoms with Gasteiger partial charge in [0, 0.05) is 0 Å². The molecule has 34 heavy (non-hydrogen) atoms. The minimum absolute atomic E-state index is 0.218. The van der Waals surface area contributed by atoms with Gasteiger partial charge >= 0.3 is 5.97 Å². The molecule has 0 bridgehead atoms. The summed E-state index contributed by atoms with van der Waals surface area (Å²) < 4.78 is 18.0. The Labute approximate surface area is 201 Å². The fraction of sp³-hybridized carbons (Fsp3) is 0.269. The van der Waals surface area contributed by atoms with E-state index in [2.05, 4.69) is 11.9 Å². The number of hydrogen-bond acceptors (Lipinski definition) is 7. The lowest BCUT2D eigenvalue weighted by molar-refractivity contribution is -0.136. The molecule has 4 rings (SSSR count). The van der Waals surface area contributed by atoms with Crippen molar-refractivity contribution < 1.29 is 19.0 Å². The number of hydrogen-bond donors (Lipinski definition) is 0. The molecule has 7 nitrogen and oxygen atoms in total. The van der Waals surface area contributed by atoms with Gasteiger partial charge in [0.2, 0.25) is 0 Å². The molecule has 0 saturated heterocycles. The molecule has 8 heteroatoms. The Balaban J connectivity index is 1.83. The average molecular weight is 479 g/mol. The van der Waals surface area contributed by atoms with Crippen LogP contribution >= 0.6 is 11.3 Å². The molecule has 3 aromatic rings. The van der Waals surface area contributed by atoms with E-state index in [4.69, 9.17) is 14.2 Å². The molecular formula is C26H26N2O5S. The van der Waals surface area contributed by atoms with Gasteiger partial charge in [-0.3, -0.25) is 9.36 Å². The summed E-state index contributed by atoms with van der Waals surface area (Å²) in [6.45, 7) is 4.47. The van der Waals surface area contributed by atoms with Gasteiger partial charge in [-0.1, -0.05) is 42.5 Å². The quantitative estimate of drug-likeness (QED) is 0.488. The first-order chi connectivity index (χ1) is 16.5. The molecule has 0 radical (unpaired) electrons. The molecule has 0 N–H and O–H groups in total. The maximum atomic E-state index is 13.6. The molecule has 0 fully saturated rings. The number of carbonyl (C=O) groups excluding carboxylic acids is 1. The van der Waals surface area contributed by atoms with Crippen LogP contribution in [0.1, 0.15) is 37.4 Å². The topological polar surface area (TPSA) is 79.1 Å². The average Bonchev–Trinajstić information content (AvgIpc) is 3.16. The molecule has 2 heterocycles. The molecule has 0 amide bonds. The second-order valence-electron chi connectivity index (χ2n) is 7.76. The fourth-order valence-corrected chi connectivity index (χ4v) is 4.87. The van der Waals surface area contributed by atoms with Crippen LogP contribution in [0.25, 0.3) is 6.08 Å². The van der Waals surface area contributed by atoms with E-state index in [-0.39, 0.29) is 5.56 Å². The molecule has 1 unspecified atom stereocenters. The van der Waals surface area contributed by atoms with Gasteiger partial charge in [-0.05, 0) is 54.8 Å². The Morgan fingerprint density at radius 1 is 1.09 bits per heavy atom. The molecule has 1 aliphatic rings. The predicted molar refractivity (Wildman–Crippen MR) is 131 cm³/mol. The van der Waals surface area contributed by atoms with Crippen molar-refractivity contribution in [3.8, 4) is 11.5 Å². The standard InChI is InChI=1S/C26H26N2O5S/c1-5-14-33-20-10-6-17(7-11-20)15-21-24(29)28-23(18-8-12-19(31-3)13-9-18)22(25(30)32-4)16(2)27-26(28)34-21/h6-13,15,23H,5,14H2,1-4H3/b21-15+. The predicted octanol–water partition coefficient (Wildman–Crippen LogP) is 3.21. The largest absolute Gasteiger partial charge is 0.497 e. The number of nitrogens with zero attached hydrogens (tertiary/aromatic N) is 2. The fourth-order valence-electron chi connectivity index (χ4n) is 3.83. The number of rotatable bonds is 7. The SMILES string of the molecule is CCCOc1ccc(/C=c2/sc3n(c2=O)C(c2ccc(OC)cc2)C(C(=O)OC)=C(C)N=3)cc1. The Morgan fingerprint density at radius 3 is 2.38 bits per heavy atom. The zero-order valence-corrected chi connectivity index (χ0v) is 20.3. The van der Waals surface area contributed by atoms with E-state index in [9.17, 15) is 9.59 Å². The van der Waals surface area contributed by atoms with Crippen molar-refractivity contribution in [1.82, 2.24) is 4.57 Å². The highest BCUT2D eigenvalue weighted by molar-refractivity contribution is 7.07. The molecule has 0 spiro atoms. The van der Waals surface area contributed by atoms with E-state index >= 15 is 0 Å². The van der Waals surface area contributed by atoms with Crippen LogP contribution in [-0.2, 0) is 9.53 Å². The van der Waals surface area contributed by atoms with Crippen LogP contribution in [0.5, 0.6) is 11.5 Å². The van der Waals surface area contributed by atoms with Gasteiger partial charge in [-0.25, -0.2) is 9.79 Å². The van der Waals surface area contributed by atoms with Crippen LogP contribution in [0.15, 0.2) is 69.6 Å². The van der Waals surface area contributed by atoms with Crippen molar-refractivity contribution in [2.75, 3.05) is 20.8 Å². The van der Waals surface area contributed by atoms with Crippen molar-refractivity contribution in [3.05, 3.63) is 90.6 Å². The molecule has 1 atom stereocenters. The number of aromatic nitrogens is 1. The third kappa shape index (κ3) is 4.54. The summed E-state index contributed by atoms with van der Waals surface area (Å²) in [5, 5.41) is 0. The molecule has 176 valence electrons. The number of methoxy groups -OCH3 is 2. The Bertz CT molecular complexity index is 1400. The van der Waals surface area contributed by atoms with Gasteiger partial charge in [0.15, 0.2) is 4.80 Å². The Kier molecular flexibility index (Phi) is 6.98. The second kappa shape index (κ2) is 10.1. The summed E-state index contributed by atoms with van der Waals surface area (Å²) in [5.41, 5.74) is 2.28.